The maximum Gasteiger partial charge on any atom is 0.257 e. The second-order valence-corrected chi connectivity index (χ2v) is 7.83. The van der Waals surface area contributed by atoms with Crippen LogP contribution in [0.2, 0.25) is 0 Å². The van der Waals surface area contributed by atoms with Crippen LogP contribution in [0.4, 0.5) is 17.3 Å². The van der Waals surface area contributed by atoms with Gasteiger partial charge in [-0.05, 0) is 37.0 Å². The quantitative estimate of drug-likeness (QED) is 0.474. The van der Waals surface area contributed by atoms with Crippen LogP contribution in [0.15, 0.2) is 48.5 Å². The van der Waals surface area contributed by atoms with E-state index in [0.717, 1.165) is 44.1 Å². The van der Waals surface area contributed by atoms with Gasteiger partial charge in [-0.3, -0.25) is 4.79 Å². The minimum atomic E-state index is -0.140. The molecular formula is C22H25N5O2S. The Morgan fingerprint density at radius 1 is 1.10 bits per heavy atom. The molecule has 3 N–H and O–H groups in total. The van der Waals surface area contributed by atoms with Gasteiger partial charge in [-0.1, -0.05) is 43.3 Å². The van der Waals surface area contributed by atoms with Crippen LogP contribution in [0.5, 0.6) is 5.75 Å². The normalized spacial score (nSPS) is 14.5. The van der Waals surface area contributed by atoms with Crippen molar-refractivity contribution in [1.82, 2.24) is 13.6 Å². The first-order valence-electron chi connectivity index (χ1n) is 10.2. The molecule has 1 amide bonds. The lowest BCUT2D eigenvalue weighted by atomic mass is 10.0. The minimum absolute atomic E-state index is 0.0662. The number of hydrogen-bond donors (Lipinski definition) is 3. The van der Waals surface area contributed by atoms with Crippen LogP contribution in [0, 0.1) is 0 Å². The highest BCUT2D eigenvalue weighted by molar-refractivity contribution is 6.99. The van der Waals surface area contributed by atoms with Gasteiger partial charge in [-0.2, -0.15) is 8.75 Å². The molecule has 1 fully saturated rings. The summed E-state index contributed by atoms with van der Waals surface area (Å²) >= 11 is 1.09. The Morgan fingerprint density at radius 2 is 1.83 bits per heavy atom. The highest BCUT2D eigenvalue weighted by atomic mass is 32.1. The molecule has 0 unspecified atom stereocenters. The van der Waals surface area contributed by atoms with E-state index in [1.807, 2.05) is 18.2 Å². The van der Waals surface area contributed by atoms with Gasteiger partial charge in [-0.25, -0.2) is 0 Å². The third-order valence-electron chi connectivity index (χ3n) is 5.32. The fourth-order valence-corrected chi connectivity index (χ4v) is 4.15. The lowest BCUT2D eigenvalue weighted by Crippen LogP contribution is -2.27. The van der Waals surface area contributed by atoms with E-state index in [1.54, 1.807) is 23.1 Å². The van der Waals surface area contributed by atoms with Crippen LogP contribution in [-0.4, -0.2) is 37.8 Å². The molecule has 1 saturated heterocycles. The minimum Gasteiger partial charge on any atom is -0.505 e. The molecule has 0 spiro atoms. The van der Waals surface area contributed by atoms with Crippen LogP contribution >= 0.6 is 11.7 Å². The van der Waals surface area contributed by atoms with Gasteiger partial charge in [0, 0.05) is 13.1 Å². The predicted molar refractivity (Wildman–Crippen MR) is 120 cm³/mol. The highest BCUT2D eigenvalue weighted by Gasteiger charge is 2.24. The van der Waals surface area contributed by atoms with Crippen molar-refractivity contribution in [1.29, 1.82) is 0 Å². The number of aromatic hydroxyl groups is 1. The molecule has 0 radical (unpaired) electrons. The Balaban J connectivity index is 1.54. The molecule has 4 rings (SSSR count). The maximum atomic E-state index is 12.7. The number of para-hydroxylation sites is 1. The van der Waals surface area contributed by atoms with Crippen molar-refractivity contribution in [2.45, 2.75) is 32.2 Å². The molecule has 156 valence electrons. The molecule has 1 aliphatic rings. The SMILES string of the molecule is CC[C@@H](Nc1nsnc1Nc1cccc(C(=O)N2CCCC2)c1O)c1ccccc1. The summed E-state index contributed by atoms with van der Waals surface area (Å²) < 4.78 is 8.71. The number of anilines is 3. The second kappa shape index (κ2) is 9.13. The molecule has 0 saturated carbocycles. The van der Waals surface area contributed by atoms with Gasteiger partial charge >= 0.3 is 0 Å². The average molecular weight is 424 g/mol. The standard InChI is InChI=1S/C22H25N5O2S/c1-2-17(15-9-4-3-5-10-15)23-20-21(26-30-25-20)24-18-12-8-11-16(19(18)28)22(29)27-13-6-7-14-27/h3-5,8-12,17,28H,2,6-7,13-14H2,1H3,(H,23,25)(H,24,26)/t17-/m1/s1. The summed E-state index contributed by atoms with van der Waals surface area (Å²) in [5.74, 6) is 0.934. The van der Waals surface area contributed by atoms with Crippen LogP contribution < -0.4 is 10.6 Å². The fraction of sp³-hybridized carbons (Fsp3) is 0.318. The topological polar surface area (TPSA) is 90.4 Å². The number of amides is 1. The molecular weight excluding hydrogens is 398 g/mol. The molecule has 1 aromatic heterocycles. The Kier molecular flexibility index (Phi) is 6.13. The highest BCUT2D eigenvalue weighted by Crippen LogP contribution is 2.34. The van der Waals surface area contributed by atoms with E-state index in [-0.39, 0.29) is 17.7 Å². The molecule has 8 heteroatoms. The van der Waals surface area contributed by atoms with Crippen molar-refractivity contribution < 1.29 is 9.90 Å². The Morgan fingerprint density at radius 3 is 2.57 bits per heavy atom. The lowest BCUT2D eigenvalue weighted by Gasteiger charge is -2.19. The molecule has 2 heterocycles. The Bertz CT molecular complexity index is 1000. The molecule has 0 aliphatic carbocycles. The smallest absolute Gasteiger partial charge is 0.257 e. The van der Waals surface area contributed by atoms with Crippen LogP contribution in [0.1, 0.15) is 48.1 Å². The van der Waals surface area contributed by atoms with Crippen LogP contribution in [0.3, 0.4) is 0 Å². The number of aromatic nitrogens is 2. The zero-order valence-corrected chi connectivity index (χ0v) is 17.7. The molecule has 7 nitrogen and oxygen atoms in total. The van der Waals surface area contributed by atoms with E-state index < -0.39 is 0 Å². The molecule has 1 atom stereocenters. The molecule has 2 aromatic carbocycles. The number of likely N-dealkylation sites (tertiary alicyclic amines) is 1. The van der Waals surface area contributed by atoms with Gasteiger partial charge in [0.25, 0.3) is 5.91 Å². The van der Waals surface area contributed by atoms with Crippen molar-refractivity contribution in [2.75, 3.05) is 23.7 Å². The van der Waals surface area contributed by atoms with Crippen LogP contribution in [0.25, 0.3) is 0 Å². The zero-order chi connectivity index (χ0) is 20.9. The summed E-state index contributed by atoms with van der Waals surface area (Å²) in [5.41, 5.74) is 1.90. The van der Waals surface area contributed by atoms with Gasteiger partial charge in [0.1, 0.15) is 0 Å². The number of nitrogens with one attached hydrogen (secondary N) is 2. The number of hydrogen-bond acceptors (Lipinski definition) is 7. The van der Waals surface area contributed by atoms with E-state index in [1.165, 1.54) is 5.56 Å². The van der Waals surface area contributed by atoms with Crippen LogP contribution in [-0.2, 0) is 0 Å². The lowest BCUT2D eigenvalue weighted by molar-refractivity contribution is 0.0790. The first-order valence-corrected chi connectivity index (χ1v) is 10.9. The monoisotopic (exact) mass is 423 g/mol. The number of benzene rings is 2. The average Bonchev–Trinajstić information content (AvgIpc) is 3.46. The van der Waals surface area contributed by atoms with E-state index >= 15 is 0 Å². The summed E-state index contributed by atoms with van der Waals surface area (Å²) in [6.07, 6.45) is 2.89. The Labute approximate surface area is 180 Å². The summed E-state index contributed by atoms with van der Waals surface area (Å²) in [6.45, 7) is 3.58. The Hall–Kier alpha value is -3.13. The number of carbonyl (C=O) groups excluding carboxylic acids is 1. The summed E-state index contributed by atoms with van der Waals surface area (Å²) in [5, 5.41) is 17.3. The molecule has 3 aromatic rings. The van der Waals surface area contributed by atoms with E-state index in [0.29, 0.717) is 22.9 Å². The van der Waals surface area contributed by atoms with Crippen molar-refractivity contribution in [3.63, 3.8) is 0 Å². The van der Waals surface area contributed by atoms with Gasteiger partial charge < -0.3 is 20.6 Å². The summed E-state index contributed by atoms with van der Waals surface area (Å²) in [7, 11) is 0. The first-order chi connectivity index (χ1) is 14.7. The van der Waals surface area contributed by atoms with Crippen molar-refractivity contribution in [3.05, 3.63) is 59.7 Å². The van der Waals surface area contributed by atoms with E-state index in [9.17, 15) is 9.90 Å². The van der Waals surface area contributed by atoms with Crippen molar-refractivity contribution >= 4 is 35.0 Å². The number of phenols is 1. The van der Waals surface area contributed by atoms with Crippen molar-refractivity contribution in [3.8, 4) is 5.75 Å². The van der Waals surface area contributed by atoms with E-state index in [4.69, 9.17) is 0 Å². The third kappa shape index (κ3) is 4.23. The maximum absolute atomic E-state index is 12.7. The summed E-state index contributed by atoms with van der Waals surface area (Å²) in [4.78, 5) is 14.5. The first kappa shape index (κ1) is 20.2. The number of phenolic OH excluding ortho intramolecular Hbond substituents is 1. The second-order valence-electron chi connectivity index (χ2n) is 7.30. The van der Waals surface area contributed by atoms with Gasteiger partial charge in [0.2, 0.25) is 0 Å². The molecule has 30 heavy (non-hydrogen) atoms. The third-order valence-corrected chi connectivity index (χ3v) is 5.85. The van der Waals surface area contributed by atoms with Crippen molar-refractivity contribution in [2.24, 2.45) is 0 Å². The molecule has 0 bridgehead atoms. The number of rotatable bonds is 7. The predicted octanol–water partition coefficient (Wildman–Crippen LogP) is 4.79. The van der Waals surface area contributed by atoms with E-state index in [2.05, 4.69) is 38.4 Å². The van der Waals surface area contributed by atoms with Gasteiger partial charge in [0.05, 0.1) is 29.0 Å². The zero-order valence-electron chi connectivity index (χ0n) is 16.8. The van der Waals surface area contributed by atoms with Gasteiger partial charge in [0.15, 0.2) is 17.4 Å². The molecule has 1 aliphatic heterocycles. The van der Waals surface area contributed by atoms with Gasteiger partial charge in [-0.15, -0.1) is 0 Å². The summed E-state index contributed by atoms with van der Waals surface area (Å²) in [6, 6.07) is 15.4. The largest absolute Gasteiger partial charge is 0.505 e. The fourth-order valence-electron chi connectivity index (χ4n) is 3.67. The number of carbonyl (C=O) groups is 1. The number of nitrogens with zero attached hydrogens (tertiary/aromatic N) is 3.